The van der Waals surface area contributed by atoms with E-state index < -0.39 is 0 Å². The summed E-state index contributed by atoms with van der Waals surface area (Å²) in [6.45, 7) is 16.3. The average molecular weight is 227 g/mol. The van der Waals surface area contributed by atoms with Crippen molar-refractivity contribution < 1.29 is 0 Å². The summed E-state index contributed by atoms with van der Waals surface area (Å²) in [5, 5.41) is 3.60. The van der Waals surface area contributed by atoms with Gasteiger partial charge >= 0.3 is 0 Å². The molecule has 2 unspecified atom stereocenters. The van der Waals surface area contributed by atoms with Crippen molar-refractivity contribution in [1.82, 2.24) is 15.1 Å². The van der Waals surface area contributed by atoms with Crippen molar-refractivity contribution in [2.24, 2.45) is 0 Å². The molecule has 0 amide bonds. The smallest absolute Gasteiger partial charge is 0.0222 e. The van der Waals surface area contributed by atoms with Gasteiger partial charge in [-0.05, 0) is 26.4 Å². The van der Waals surface area contributed by atoms with Gasteiger partial charge in [-0.2, -0.15) is 0 Å². The summed E-state index contributed by atoms with van der Waals surface area (Å²) in [7, 11) is 0. The van der Waals surface area contributed by atoms with E-state index in [4.69, 9.17) is 0 Å². The molecule has 1 aliphatic rings. The molecule has 0 aliphatic carbocycles. The van der Waals surface area contributed by atoms with Crippen LogP contribution in [0, 0.1) is 0 Å². The Morgan fingerprint density at radius 1 is 1.06 bits per heavy atom. The maximum atomic E-state index is 3.60. The second-order valence-electron chi connectivity index (χ2n) is 4.78. The molecule has 0 radical (unpaired) electrons. The summed E-state index contributed by atoms with van der Waals surface area (Å²) in [6, 6.07) is 1.32. The molecule has 3 heteroatoms. The van der Waals surface area contributed by atoms with Gasteiger partial charge in [-0.1, -0.05) is 20.8 Å². The van der Waals surface area contributed by atoms with Crippen molar-refractivity contribution in [1.29, 1.82) is 0 Å². The largest absolute Gasteiger partial charge is 0.313 e. The number of nitrogens with one attached hydrogen (secondary N) is 1. The molecule has 1 rings (SSSR count). The molecule has 1 aliphatic heterocycles. The highest BCUT2D eigenvalue weighted by Crippen LogP contribution is 2.11. The fraction of sp³-hybridized carbons (Fsp3) is 1.00. The van der Waals surface area contributed by atoms with Crippen LogP contribution >= 0.6 is 0 Å². The van der Waals surface area contributed by atoms with Crippen molar-refractivity contribution in [2.45, 2.75) is 46.2 Å². The third-order valence-corrected chi connectivity index (χ3v) is 3.92. The summed E-state index contributed by atoms with van der Waals surface area (Å²) in [4.78, 5) is 5.18. The van der Waals surface area contributed by atoms with Crippen molar-refractivity contribution >= 4 is 0 Å². The van der Waals surface area contributed by atoms with E-state index in [1.807, 2.05) is 0 Å². The van der Waals surface area contributed by atoms with E-state index in [0.717, 1.165) is 6.54 Å². The summed E-state index contributed by atoms with van der Waals surface area (Å²) < 4.78 is 0. The first-order chi connectivity index (χ1) is 7.72. The number of piperazine rings is 1. The molecule has 0 aromatic rings. The Morgan fingerprint density at radius 3 is 2.12 bits per heavy atom. The van der Waals surface area contributed by atoms with Gasteiger partial charge in [0.2, 0.25) is 0 Å². The summed E-state index contributed by atoms with van der Waals surface area (Å²) in [5.74, 6) is 0. The normalized spacial score (nSPS) is 23.2. The van der Waals surface area contributed by atoms with Crippen LogP contribution in [0.3, 0.4) is 0 Å². The van der Waals surface area contributed by atoms with E-state index in [0.29, 0.717) is 12.1 Å². The molecule has 1 heterocycles. The lowest BCUT2D eigenvalue weighted by Crippen LogP contribution is -2.55. The zero-order valence-corrected chi connectivity index (χ0v) is 11.5. The van der Waals surface area contributed by atoms with Gasteiger partial charge in [0.25, 0.3) is 0 Å². The van der Waals surface area contributed by atoms with E-state index in [1.54, 1.807) is 0 Å². The molecule has 3 nitrogen and oxygen atoms in total. The Bertz CT molecular complexity index is 176. The molecule has 1 saturated heterocycles. The predicted molar refractivity (Wildman–Crippen MR) is 70.9 cm³/mol. The first-order valence-corrected chi connectivity index (χ1v) is 6.92. The van der Waals surface area contributed by atoms with Crippen LogP contribution in [0.25, 0.3) is 0 Å². The van der Waals surface area contributed by atoms with Gasteiger partial charge in [0.15, 0.2) is 0 Å². The quantitative estimate of drug-likeness (QED) is 0.740. The highest BCUT2D eigenvalue weighted by Gasteiger charge is 2.24. The van der Waals surface area contributed by atoms with E-state index in [2.05, 4.69) is 42.8 Å². The van der Waals surface area contributed by atoms with Gasteiger partial charge in [-0.3, -0.25) is 4.90 Å². The summed E-state index contributed by atoms with van der Waals surface area (Å²) >= 11 is 0. The number of hydrogen-bond donors (Lipinski definition) is 1. The Kier molecular flexibility index (Phi) is 6.32. The van der Waals surface area contributed by atoms with Gasteiger partial charge in [-0.25, -0.2) is 0 Å². The fourth-order valence-electron chi connectivity index (χ4n) is 2.66. The van der Waals surface area contributed by atoms with E-state index >= 15 is 0 Å². The lowest BCUT2D eigenvalue weighted by atomic mass is 10.0. The lowest BCUT2D eigenvalue weighted by molar-refractivity contribution is 0.0880. The zero-order valence-electron chi connectivity index (χ0n) is 11.5. The predicted octanol–water partition coefficient (Wildman–Crippen LogP) is 1.40. The second kappa shape index (κ2) is 7.25. The molecular formula is C13H29N3. The average Bonchev–Trinajstić information content (AvgIpc) is 2.35. The third kappa shape index (κ3) is 3.72. The van der Waals surface area contributed by atoms with Crippen molar-refractivity contribution in [3.8, 4) is 0 Å². The SMILES string of the molecule is CCNC(CC)C(C)N1CCN(CC)CC1. The van der Waals surface area contributed by atoms with Gasteiger partial charge in [0, 0.05) is 38.3 Å². The molecule has 0 spiro atoms. The molecule has 1 N–H and O–H groups in total. The van der Waals surface area contributed by atoms with Crippen LogP contribution in [0.4, 0.5) is 0 Å². The minimum Gasteiger partial charge on any atom is -0.313 e. The van der Waals surface area contributed by atoms with Crippen LogP contribution in [0.2, 0.25) is 0 Å². The molecule has 0 bridgehead atoms. The van der Waals surface area contributed by atoms with Crippen LogP contribution in [-0.2, 0) is 0 Å². The minimum atomic E-state index is 0.651. The number of rotatable bonds is 6. The van der Waals surface area contributed by atoms with Crippen molar-refractivity contribution in [3.05, 3.63) is 0 Å². The first kappa shape index (κ1) is 13.9. The van der Waals surface area contributed by atoms with Crippen molar-refractivity contribution in [2.75, 3.05) is 39.3 Å². The third-order valence-electron chi connectivity index (χ3n) is 3.92. The monoisotopic (exact) mass is 227 g/mol. The fourth-order valence-corrected chi connectivity index (χ4v) is 2.66. The minimum absolute atomic E-state index is 0.651. The molecule has 96 valence electrons. The van der Waals surface area contributed by atoms with E-state index in [1.165, 1.54) is 39.1 Å². The maximum Gasteiger partial charge on any atom is 0.0222 e. The summed E-state index contributed by atoms with van der Waals surface area (Å²) in [6.07, 6.45) is 1.23. The topological polar surface area (TPSA) is 18.5 Å². The van der Waals surface area contributed by atoms with Crippen LogP contribution in [0.5, 0.6) is 0 Å². The van der Waals surface area contributed by atoms with Crippen LogP contribution < -0.4 is 5.32 Å². The number of likely N-dealkylation sites (N-methyl/N-ethyl adjacent to an activating group) is 2. The summed E-state index contributed by atoms with van der Waals surface area (Å²) in [5.41, 5.74) is 0. The zero-order chi connectivity index (χ0) is 12.0. The first-order valence-electron chi connectivity index (χ1n) is 6.92. The van der Waals surface area contributed by atoms with Gasteiger partial charge in [0.1, 0.15) is 0 Å². The highest BCUT2D eigenvalue weighted by atomic mass is 15.3. The van der Waals surface area contributed by atoms with E-state index in [-0.39, 0.29) is 0 Å². The maximum absolute atomic E-state index is 3.60. The van der Waals surface area contributed by atoms with Gasteiger partial charge in [-0.15, -0.1) is 0 Å². The lowest BCUT2D eigenvalue weighted by Gasteiger charge is -2.40. The standard InChI is InChI=1S/C13H29N3/c1-5-13(14-6-2)12(4)16-10-8-15(7-3)9-11-16/h12-14H,5-11H2,1-4H3. The Balaban J connectivity index is 2.39. The Hall–Kier alpha value is -0.120. The van der Waals surface area contributed by atoms with Crippen LogP contribution in [0.15, 0.2) is 0 Å². The Labute approximate surface area is 101 Å². The van der Waals surface area contributed by atoms with Crippen LogP contribution in [-0.4, -0.2) is 61.2 Å². The molecule has 0 saturated carbocycles. The molecule has 16 heavy (non-hydrogen) atoms. The van der Waals surface area contributed by atoms with Gasteiger partial charge < -0.3 is 10.2 Å². The van der Waals surface area contributed by atoms with E-state index in [9.17, 15) is 0 Å². The molecule has 2 atom stereocenters. The van der Waals surface area contributed by atoms with Gasteiger partial charge in [0.05, 0.1) is 0 Å². The Morgan fingerprint density at radius 2 is 1.69 bits per heavy atom. The highest BCUT2D eigenvalue weighted by molar-refractivity contribution is 4.83. The molecule has 0 aromatic heterocycles. The molecule has 0 aromatic carbocycles. The number of nitrogens with zero attached hydrogens (tertiary/aromatic N) is 2. The van der Waals surface area contributed by atoms with Crippen molar-refractivity contribution in [3.63, 3.8) is 0 Å². The molecular weight excluding hydrogens is 198 g/mol. The second-order valence-corrected chi connectivity index (χ2v) is 4.78. The molecule has 1 fully saturated rings. The van der Waals surface area contributed by atoms with Crippen LogP contribution in [0.1, 0.15) is 34.1 Å². The number of hydrogen-bond acceptors (Lipinski definition) is 3.